The van der Waals surface area contributed by atoms with Crippen LogP contribution in [-0.2, 0) is 5.41 Å². The van der Waals surface area contributed by atoms with Crippen LogP contribution in [-0.4, -0.2) is 19.5 Å². The molecule has 0 spiro atoms. The van der Waals surface area contributed by atoms with Crippen molar-refractivity contribution in [3.63, 3.8) is 0 Å². The summed E-state index contributed by atoms with van der Waals surface area (Å²) in [6, 6.07) is 99.5. The molecule has 90 heavy (non-hydrogen) atoms. The normalized spacial score (nSPS) is 12.9. The first-order valence-corrected chi connectivity index (χ1v) is 30.9. The van der Waals surface area contributed by atoms with Gasteiger partial charge < -0.3 is 9.32 Å². The first kappa shape index (κ1) is 50.4. The van der Waals surface area contributed by atoms with Crippen LogP contribution < -0.4 is 4.90 Å². The number of aromatic nitrogens is 4. The van der Waals surface area contributed by atoms with Gasteiger partial charge in [0.15, 0.2) is 11.4 Å². The average molecular weight is 1150 g/mol. The van der Waals surface area contributed by atoms with Crippen molar-refractivity contribution in [1.29, 1.82) is 0 Å². The second-order valence-electron chi connectivity index (χ2n) is 24.6. The van der Waals surface area contributed by atoms with E-state index in [1.807, 2.05) is 24.5 Å². The van der Waals surface area contributed by atoms with Crippen LogP contribution in [0.2, 0.25) is 0 Å². The van der Waals surface area contributed by atoms with E-state index in [9.17, 15) is 0 Å². The molecule has 0 saturated carbocycles. The Hall–Kier alpha value is -11.7. The monoisotopic (exact) mass is 1150 g/mol. The van der Waals surface area contributed by atoms with Gasteiger partial charge in [0.25, 0.3) is 0 Å². The van der Waals surface area contributed by atoms with Crippen molar-refractivity contribution in [3.05, 3.63) is 297 Å². The van der Waals surface area contributed by atoms with Crippen LogP contribution in [0.3, 0.4) is 0 Å². The van der Waals surface area contributed by atoms with E-state index in [0.717, 1.165) is 89.2 Å². The predicted octanol–water partition coefficient (Wildman–Crippen LogP) is 22.6. The molecular formula is C84H53N5O. The number of pyridine rings is 1. The summed E-state index contributed by atoms with van der Waals surface area (Å²) >= 11 is 0. The van der Waals surface area contributed by atoms with Gasteiger partial charge in [-0.2, -0.15) is 0 Å². The maximum Gasteiger partial charge on any atom is 0.162 e. The molecule has 0 fully saturated rings. The summed E-state index contributed by atoms with van der Waals surface area (Å²) in [5.41, 5.74) is 16.3. The molecule has 14 aromatic carbocycles. The average Bonchev–Trinajstić information content (AvgIpc) is 1.51. The molecule has 0 amide bonds. The lowest BCUT2D eigenvalue weighted by molar-refractivity contribution is 0.666. The Morgan fingerprint density at radius 2 is 1.01 bits per heavy atom. The van der Waals surface area contributed by atoms with Gasteiger partial charge in [0.05, 0.1) is 22.4 Å². The Morgan fingerprint density at radius 3 is 1.80 bits per heavy atom. The molecule has 420 valence electrons. The van der Waals surface area contributed by atoms with Crippen LogP contribution in [0, 0.1) is 0 Å². The maximum atomic E-state index is 6.93. The zero-order chi connectivity index (χ0) is 59.3. The van der Waals surface area contributed by atoms with E-state index in [1.165, 1.54) is 92.3 Å². The zero-order valence-corrected chi connectivity index (χ0v) is 49.3. The molecule has 0 bridgehead atoms. The van der Waals surface area contributed by atoms with Crippen molar-refractivity contribution in [3.8, 4) is 50.7 Å². The molecule has 0 N–H and O–H groups in total. The summed E-state index contributed by atoms with van der Waals surface area (Å²) in [5, 5.41) is 19.0. The molecule has 0 radical (unpaired) electrons. The Bertz CT molecular complexity index is 6080. The van der Waals surface area contributed by atoms with Gasteiger partial charge in [-0.05, 0) is 153 Å². The number of benzene rings is 14. The molecule has 1 aliphatic rings. The topological polar surface area (TPSA) is 60.0 Å². The van der Waals surface area contributed by atoms with Crippen LogP contribution >= 0.6 is 0 Å². The Kier molecular flexibility index (Phi) is 10.7. The highest BCUT2D eigenvalue weighted by atomic mass is 16.3. The highest BCUT2D eigenvalue weighted by Gasteiger charge is 2.41. The fourth-order valence-corrected chi connectivity index (χ4v) is 15.4. The van der Waals surface area contributed by atoms with E-state index in [-0.39, 0.29) is 0 Å². The van der Waals surface area contributed by atoms with Crippen LogP contribution in [0.25, 0.3) is 159 Å². The van der Waals surface area contributed by atoms with E-state index < -0.39 is 5.41 Å². The minimum atomic E-state index is -0.532. The highest BCUT2D eigenvalue weighted by Crippen LogP contribution is 2.59. The molecule has 18 aromatic rings. The third kappa shape index (κ3) is 7.30. The summed E-state index contributed by atoms with van der Waals surface area (Å²) < 4.78 is 9.40. The third-order valence-corrected chi connectivity index (χ3v) is 19.4. The number of hydrogen-bond acceptors (Lipinski definition) is 5. The lowest BCUT2D eigenvalue weighted by atomic mass is 9.79. The second-order valence-corrected chi connectivity index (χ2v) is 24.6. The molecule has 4 heterocycles. The number of nitrogens with zero attached hydrogens (tertiary/aromatic N) is 5. The van der Waals surface area contributed by atoms with E-state index in [2.05, 4.69) is 289 Å². The minimum Gasteiger partial charge on any atom is -0.454 e. The fraction of sp³-hybridized carbons (Fsp3) is 0.0357. The van der Waals surface area contributed by atoms with Crippen molar-refractivity contribution in [2.75, 3.05) is 4.90 Å². The van der Waals surface area contributed by atoms with Crippen LogP contribution in [0.15, 0.2) is 290 Å². The van der Waals surface area contributed by atoms with Gasteiger partial charge in [-0.3, -0.25) is 9.55 Å². The van der Waals surface area contributed by atoms with Gasteiger partial charge in [0.2, 0.25) is 0 Å². The largest absolute Gasteiger partial charge is 0.454 e. The number of hydrogen-bond donors (Lipinski definition) is 0. The van der Waals surface area contributed by atoms with Crippen molar-refractivity contribution >= 4 is 125 Å². The van der Waals surface area contributed by atoms with Crippen LogP contribution in [0.5, 0.6) is 0 Å². The summed E-state index contributed by atoms with van der Waals surface area (Å²) in [7, 11) is 0. The van der Waals surface area contributed by atoms with Crippen LogP contribution in [0.4, 0.5) is 17.1 Å². The van der Waals surface area contributed by atoms with Gasteiger partial charge in [0, 0.05) is 73.3 Å². The third-order valence-electron chi connectivity index (χ3n) is 19.4. The standard InChI is InChI=1S/C84H53N5O/c1-84(2)72-46-55(88(74-33-18-32-66-63-28-16-17-34-76(63)90-82(66)74)54-37-39-58-53(45-54)36-35-51-21-6-7-22-56(51)58)38-40-68(72)78-64-29-13-14-30-65(64)81-79(80(78)84)71-47-69-61-26-11-9-24-59(61)60-25-10-12-27-62(60)70(69)48-75(71)89(81)77-49-73(52-41-43-85-44-42-52)86-83(87-77)67-31-15-8-23-57(67)50-19-4-3-5-20-50/h3-49H,1-2H3. The van der Waals surface area contributed by atoms with Gasteiger partial charge >= 0.3 is 0 Å². The number of fused-ring (bicyclic) bond motifs is 22. The van der Waals surface area contributed by atoms with Gasteiger partial charge in [-0.1, -0.05) is 220 Å². The Labute approximate surface area is 517 Å². The molecular weight excluding hydrogens is 1090 g/mol. The predicted molar refractivity (Wildman–Crippen MR) is 375 cm³/mol. The van der Waals surface area contributed by atoms with Gasteiger partial charge in [0.1, 0.15) is 11.4 Å². The quantitative estimate of drug-likeness (QED) is 0.149. The summed E-state index contributed by atoms with van der Waals surface area (Å²) in [6.07, 6.45) is 3.70. The Morgan fingerprint density at radius 1 is 0.400 bits per heavy atom. The number of anilines is 3. The number of furan rings is 1. The van der Waals surface area contributed by atoms with E-state index in [0.29, 0.717) is 5.82 Å². The van der Waals surface area contributed by atoms with Crippen molar-refractivity contribution in [1.82, 2.24) is 19.5 Å². The summed E-state index contributed by atoms with van der Waals surface area (Å²) in [6.45, 7) is 4.89. The molecule has 4 aromatic heterocycles. The molecule has 0 saturated heterocycles. The lowest BCUT2D eigenvalue weighted by Gasteiger charge is -2.28. The lowest BCUT2D eigenvalue weighted by Crippen LogP contribution is -2.17. The summed E-state index contributed by atoms with van der Waals surface area (Å²) in [4.78, 5) is 18.2. The smallest absolute Gasteiger partial charge is 0.162 e. The van der Waals surface area contributed by atoms with Crippen molar-refractivity contribution in [2.45, 2.75) is 19.3 Å². The van der Waals surface area contributed by atoms with Gasteiger partial charge in [-0.25, -0.2) is 9.97 Å². The van der Waals surface area contributed by atoms with E-state index in [4.69, 9.17) is 14.4 Å². The van der Waals surface area contributed by atoms with Gasteiger partial charge in [-0.15, -0.1) is 0 Å². The number of rotatable bonds is 7. The summed E-state index contributed by atoms with van der Waals surface area (Å²) in [5.74, 6) is 1.41. The second kappa shape index (κ2) is 19.1. The first-order chi connectivity index (χ1) is 44.4. The minimum absolute atomic E-state index is 0.532. The maximum absolute atomic E-state index is 6.93. The van der Waals surface area contributed by atoms with Crippen molar-refractivity contribution in [2.24, 2.45) is 0 Å². The first-order valence-electron chi connectivity index (χ1n) is 30.9. The van der Waals surface area contributed by atoms with Crippen LogP contribution in [0.1, 0.15) is 25.0 Å². The molecule has 19 rings (SSSR count). The molecule has 1 aliphatic carbocycles. The zero-order valence-electron chi connectivity index (χ0n) is 49.3. The van der Waals surface area contributed by atoms with Crippen molar-refractivity contribution < 1.29 is 4.42 Å². The van der Waals surface area contributed by atoms with E-state index >= 15 is 0 Å². The molecule has 0 unspecified atom stereocenters. The SMILES string of the molecule is CC1(C)c2cc(N(c3ccc4c(ccc5ccccc54)c3)c3cccc4c3oc3ccccc34)ccc2-c2c1c1c3cc4c5ccccc5c5ccccc5c4cc3n(-c3cc(-c4ccncc4)nc(-c4ccccc4-c4ccccc4)n3)c1c1ccccc21. The molecule has 6 nitrogen and oxygen atoms in total. The molecule has 0 aliphatic heterocycles. The fourth-order valence-electron chi connectivity index (χ4n) is 15.4. The van der Waals surface area contributed by atoms with E-state index in [1.54, 1.807) is 0 Å². The Balaban J connectivity index is 0.913. The highest BCUT2D eigenvalue weighted by molar-refractivity contribution is 6.32. The molecule has 0 atom stereocenters. The number of para-hydroxylation sites is 2. The molecule has 6 heteroatoms.